The fourth-order valence-electron chi connectivity index (χ4n) is 2.51. The van der Waals surface area contributed by atoms with E-state index in [1.165, 1.54) is 12.4 Å². The van der Waals surface area contributed by atoms with Crippen molar-refractivity contribution in [2.24, 2.45) is 0 Å². The number of hydrogen-bond donors (Lipinski definition) is 1. The van der Waals surface area contributed by atoms with Crippen molar-refractivity contribution in [3.05, 3.63) is 60.2 Å². The minimum atomic E-state index is -4.59. The van der Waals surface area contributed by atoms with Gasteiger partial charge in [0.15, 0.2) is 0 Å². The normalized spacial score (nSPS) is 14.2. The molecule has 10 heteroatoms. The van der Waals surface area contributed by atoms with E-state index in [2.05, 4.69) is 25.3 Å². The van der Waals surface area contributed by atoms with E-state index in [1.807, 2.05) is 0 Å². The molecule has 1 aliphatic carbocycles. The topological polar surface area (TPSA) is 85.6 Å². The molecule has 3 heterocycles. The standard InChI is InChI=1S/C17H13F3N6O/c18-17(19,20)14-7-11(3-4-22-14)23-15(27)13-8-12(10-1-2-10)24-16(25-13)26-6-5-21-9-26/h3-10H,1-2H2,(H,22,23,27). The van der Waals surface area contributed by atoms with Crippen LogP contribution in [0.25, 0.3) is 5.95 Å². The maximum Gasteiger partial charge on any atom is 0.433 e. The molecule has 0 aromatic carbocycles. The summed E-state index contributed by atoms with van der Waals surface area (Å²) in [5.41, 5.74) is -0.301. The lowest BCUT2D eigenvalue weighted by Gasteiger charge is -2.10. The van der Waals surface area contributed by atoms with E-state index in [9.17, 15) is 18.0 Å². The summed E-state index contributed by atoms with van der Waals surface area (Å²) >= 11 is 0. The zero-order valence-corrected chi connectivity index (χ0v) is 13.8. The van der Waals surface area contributed by atoms with Gasteiger partial charge in [0.05, 0.1) is 0 Å². The van der Waals surface area contributed by atoms with Crippen LogP contribution in [0.2, 0.25) is 0 Å². The Balaban J connectivity index is 1.64. The first-order valence-corrected chi connectivity index (χ1v) is 8.12. The first-order chi connectivity index (χ1) is 12.9. The molecule has 0 spiro atoms. The van der Waals surface area contributed by atoms with Crippen LogP contribution in [0, 0.1) is 0 Å². The van der Waals surface area contributed by atoms with Gasteiger partial charge < -0.3 is 5.32 Å². The Labute approximate surface area is 151 Å². The van der Waals surface area contributed by atoms with E-state index in [-0.39, 0.29) is 23.2 Å². The molecule has 0 aliphatic heterocycles. The highest BCUT2D eigenvalue weighted by Crippen LogP contribution is 2.39. The number of halogens is 3. The molecule has 0 radical (unpaired) electrons. The molecule has 138 valence electrons. The van der Waals surface area contributed by atoms with Crippen molar-refractivity contribution < 1.29 is 18.0 Å². The molecular weight excluding hydrogens is 361 g/mol. The van der Waals surface area contributed by atoms with Gasteiger partial charge in [0.2, 0.25) is 5.95 Å². The predicted octanol–water partition coefficient (Wildman–Crippen LogP) is 3.21. The summed E-state index contributed by atoms with van der Waals surface area (Å²) in [5, 5.41) is 2.44. The summed E-state index contributed by atoms with van der Waals surface area (Å²) in [6.07, 6.45) is 3.05. The number of nitrogens with zero attached hydrogens (tertiary/aromatic N) is 5. The first kappa shape index (κ1) is 17.1. The number of amides is 1. The second kappa shape index (κ2) is 6.45. The number of aromatic nitrogens is 5. The van der Waals surface area contributed by atoms with Gasteiger partial charge in [-0.1, -0.05) is 0 Å². The lowest BCUT2D eigenvalue weighted by Crippen LogP contribution is -2.17. The zero-order valence-electron chi connectivity index (χ0n) is 13.8. The van der Waals surface area contributed by atoms with E-state index in [0.29, 0.717) is 0 Å². The predicted molar refractivity (Wildman–Crippen MR) is 88.3 cm³/mol. The molecule has 0 saturated heterocycles. The largest absolute Gasteiger partial charge is 0.433 e. The Morgan fingerprint density at radius 1 is 1.19 bits per heavy atom. The molecule has 27 heavy (non-hydrogen) atoms. The highest BCUT2D eigenvalue weighted by Gasteiger charge is 2.32. The Morgan fingerprint density at radius 2 is 2.00 bits per heavy atom. The number of alkyl halides is 3. The van der Waals surface area contributed by atoms with E-state index in [4.69, 9.17) is 0 Å². The van der Waals surface area contributed by atoms with Gasteiger partial charge in [-0.15, -0.1) is 0 Å². The first-order valence-electron chi connectivity index (χ1n) is 8.12. The van der Waals surface area contributed by atoms with Crippen LogP contribution in [0.15, 0.2) is 43.1 Å². The van der Waals surface area contributed by atoms with Gasteiger partial charge in [0.1, 0.15) is 17.7 Å². The van der Waals surface area contributed by atoms with Crippen LogP contribution >= 0.6 is 0 Å². The number of nitrogens with one attached hydrogen (secondary N) is 1. The van der Waals surface area contributed by atoms with Crippen LogP contribution < -0.4 is 5.32 Å². The summed E-state index contributed by atoms with van der Waals surface area (Å²) < 4.78 is 39.9. The fourth-order valence-corrected chi connectivity index (χ4v) is 2.51. The number of pyridine rings is 1. The van der Waals surface area contributed by atoms with E-state index >= 15 is 0 Å². The molecule has 1 amide bonds. The highest BCUT2D eigenvalue weighted by molar-refractivity contribution is 6.03. The average Bonchev–Trinajstić information content (AvgIpc) is 3.35. The minimum Gasteiger partial charge on any atom is -0.321 e. The SMILES string of the molecule is O=C(Nc1ccnc(C(F)(F)F)c1)c1cc(C2CC2)nc(-n2ccnc2)n1. The molecule has 1 fully saturated rings. The molecule has 0 bridgehead atoms. The van der Waals surface area contributed by atoms with Crippen molar-refractivity contribution in [3.63, 3.8) is 0 Å². The Morgan fingerprint density at radius 3 is 2.67 bits per heavy atom. The zero-order chi connectivity index (χ0) is 19.0. The van der Waals surface area contributed by atoms with Crippen LogP contribution in [-0.2, 0) is 6.18 Å². The average molecular weight is 374 g/mol. The minimum absolute atomic E-state index is 0.0157. The number of carbonyl (C=O) groups excluding carboxylic acids is 1. The van der Waals surface area contributed by atoms with Crippen LogP contribution in [-0.4, -0.2) is 30.4 Å². The van der Waals surface area contributed by atoms with Gasteiger partial charge in [0.25, 0.3) is 5.91 Å². The summed E-state index contributed by atoms with van der Waals surface area (Å²) in [6.45, 7) is 0. The molecule has 0 unspecified atom stereocenters. The smallest absolute Gasteiger partial charge is 0.321 e. The highest BCUT2D eigenvalue weighted by atomic mass is 19.4. The molecule has 0 atom stereocenters. The molecule has 4 rings (SSSR count). The van der Waals surface area contributed by atoms with Crippen molar-refractivity contribution in [1.29, 1.82) is 0 Å². The number of hydrogen-bond acceptors (Lipinski definition) is 5. The quantitative estimate of drug-likeness (QED) is 0.758. The maximum absolute atomic E-state index is 12.8. The molecule has 3 aromatic rings. The van der Waals surface area contributed by atoms with Gasteiger partial charge in [-0.2, -0.15) is 13.2 Å². The molecule has 1 saturated carbocycles. The third kappa shape index (κ3) is 3.78. The summed E-state index contributed by atoms with van der Waals surface area (Å²) in [7, 11) is 0. The molecular formula is C17H13F3N6O. The van der Waals surface area contributed by atoms with E-state index < -0.39 is 17.8 Å². The number of carbonyl (C=O) groups is 1. The summed E-state index contributed by atoms with van der Waals surface area (Å²) in [5.74, 6) is -0.0765. The Bertz CT molecular complexity index is 983. The van der Waals surface area contributed by atoms with E-state index in [0.717, 1.165) is 30.8 Å². The second-order valence-electron chi connectivity index (χ2n) is 6.10. The monoisotopic (exact) mass is 374 g/mol. The van der Waals surface area contributed by atoms with Crippen LogP contribution in [0.4, 0.5) is 18.9 Å². The van der Waals surface area contributed by atoms with Crippen molar-refractivity contribution in [1.82, 2.24) is 24.5 Å². The number of imidazole rings is 1. The van der Waals surface area contributed by atoms with Crippen molar-refractivity contribution >= 4 is 11.6 Å². The molecule has 1 aliphatic rings. The maximum atomic E-state index is 12.8. The van der Waals surface area contributed by atoms with Gasteiger partial charge in [-0.3, -0.25) is 14.3 Å². The van der Waals surface area contributed by atoms with E-state index in [1.54, 1.807) is 23.0 Å². The fraction of sp³-hybridized carbons (Fsp3) is 0.235. The lowest BCUT2D eigenvalue weighted by molar-refractivity contribution is -0.141. The van der Waals surface area contributed by atoms with Gasteiger partial charge >= 0.3 is 6.18 Å². The summed E-state index contributed by atoms with van der Waals surface area (Å²) in [6, 6.07) is 3.63. The van der Waals surface area contributed by atoms with Gasteiger partial charge in [-0.25, -0.2) is 15.0 Å². The summed E-state index contributed by atoms with van der Waals surface area (Å²) in [4.78, 5) is 28.4. The Kier molecular flexibility index (Phi) is 4.09. The van der Waals surface area contributed by atoms with Crippen molar-refractivity contribution in [3.8, 4) is 5.95 Å². The van der Waals surface area contributed by atoms with Crippen LogP contribution in [0.3, 0.4) is 0 Å². The van der Waals surface area contributed by atoms with Gasteiger partial charge in [-0.05, 0) is 31.0 Å². The van der Waals surface area contributed by atoms with Crippen molar-refractivity contribution in [2.45, 2.75) is 24.9 Å². The Hall–Kier alpha value is -3.30. The number of anilines is 1. The molecule has 7 nitrogen and oxygen atoms in total. The van der Waals surface area contributed by atoms with Gasteiger partial charge in [0, 0.05) is 35.9 Å². The van der Waals surface area contributed by atoms with Crippen LogP contribution in [0.5, 0.6) is 0 Å². The number of rotatable bonds is 4. The second-order valence-corrected chi connectivity index (χ2v) is 6.10. The molecule has 1 N–H and O–H groups in total. The molecule has 3 aromatic heterocycles. The third-order valence-electron chi connectivity index (χ3n) is 4.01. The van der Waals surface area contributed by atoms with Crippen LogP contribution in [0.1, 0.15) is 40.6 Å². The third-order valence-corrected chi connectivity index (χ3v) is 4.01. The lowest BCUT2D eigenvalue weighted by atomic mass is 10.2. The van der Waals surface area contributed by atoms with Crippen molar-refractivity contribution in [2.75, 3.05) is 5.32 Å².